The molecule has 8 aromatic heterocycles. The minimum atomic E-state index is -0.595. The van der Waals surface area contributed by atoms with Crippen LogP contribution in [-0.2, 0) is 17.8 Å². The van der Waals surface area contributed by atoms with Crippen LogP contribution < -0.4 is 26.3 Å². The Bertz CT molecular complexity index is 4350. The molecule has 8 heterocycles. The molecule has 0 radical (unpaired) electrons. The lowest BCUT2D eigenvalue weighted by molar-refractivity contribution is 0.0600. The van der Waals surface area contributed by atoms with Gasteiger partial charge in [0.05, 0.1) is 50.6 Å². The van der Waals surface area contributed by atoms with Gasteiger partial charge in [-0.05, 0) is 148 Å². The SMILES string of the molecule is C.C.C.C.COC(=O)c1ccc(CN(c2ccc(F)cn2)c2nc3ccccc3o2)cc1.Fc1ccc(Br)nc1.Fc1ccc(Nc2nc3ccccc3o2)nc1.Nc1nc2ccccc2o1.O=C(NO)c1ccc(CN(c2ccc(F)cn2)c2nc3ccccc3o2)cc1.P. The smallest absolute Gasteiger partial charge is 0.337 e. The van der Waals surface area contributed by atoms with Gasteiger partial charge in [-0.25, -0.2) is 47.8 Å². The van der Waals surface area contributed by atoms with E-state index >= 15 is 0 Å². The number of anilines is 7. The summed E-state index contributed by atoms with van der Waals surface area (Å²) < 4.78 is 78.9. The van der Waals surface area contributed by atoms with Crippen LogP contribution in [0.4, 0.5) is 59.1 Å². The predicted octanol–water partition coefficient (Wildman–Crippen LogP) is 17.4. The van der Waals surface area contributed by atoms with Crippen LogP contribution in [0.3, 0.4) is 0 Å². The number of nitrogen functional groups attached to an aromatic ring is 1. The largest absolute Gasteiger partial charge is 0.465 e. The normalized spacial score (nSPS) is 10.0. The van der Waals surface area contributed by atoms with E-state index in [0.29, 0.717) is 92.1 Å². The van der Waals surface area contributed by atoms with E-state index in [-0.39, 0.29) is 57.3 Å². The number of nitrogens with two attached hydrogens (primary N) is 1. The van der Waals surface area contributed by atoms with Gasteiger partial charge in [0.1, 0.15) is 67.4 Å². The average Bonchev–Trinajstić information content (AvgIpc) is 1.62. The number of halogens is 5. The van der Waals surface area contributed by atoms with Gasteiger partial charge in [-0.3, -0.25) is 25.1 Å². The van der Waals surface area contributed by atoms with Gasteiger partial charge in [-0.1, -0.05) is 103 Å². The van der Waals surface area contributed by atoms with Crippen molar-refractivity contribution in [2.75, 3.05) is 28.0 Å². The van der Waals surface area contributed by atoms with Gasteiger partial charge in [-0.15, -0.1) is 0 Å². The summed E-state index contributed by atoms with van der Waals surface area (Å²) in [6.45, 7) is 0.694. The quantitative estimate of drug-likeness (QED) is 0.0221. The molecule has 14 rings (SSSR count). The Balaban J connectivity index is 0.000000229. The van der Waals surface area contributed by atoms with E-state index in [2.05, 4.69) is 61.1 Å². The summed E-state index contributed by atoms with van der Waals surface area (Å²) >= 11 is 3.07. The molecular weight excluding hydrogens is 1330 g/mol. The molecule has 0 aliphatic heterocycles. The lowest BCUT2D eigenvalue weighted by Gasteiger charge is -2.19. The fraction of sp³-hybridized carbons (Fsp3) is 0.101. The molecule has 1 unspecified atom stereocenters. The zero-order valence-electron chi connectivity index (χ0n) is 48.2. The lowest BCUT2D eigenvalue weighted by Crippen LogP contribution is -2.20. The van der Waals surface area contributed by atoms with E-state index in [1.165, 1.54) is 43.5 Å². The second-order valence-corrected chi connectivity index (χ2v) is 19.7. The molecule has 1 atom stereocenters. The van der Waals surface area contributed by atoms with Crippen molar-refractivity contribution in [1.82, 2.24) is 45.4 Å². The topological polar surface area (TPSA) is 276 Å². The fourth-order valence-corrected chi connectivity index (χ4v) is 8.52. The Morgan fingerprint density at radius 1 is 0.490 bits per heavy atom. The number of hydrogen-bond donors (Lipinski definition) is 4. The Kier molecular flexibility index (Phi) is 28.3. The number of pyridine rings is 4. The van der Waals surface area contributed by atoms with Crippen LogP contribution in [0.1, 0.15) is 61.5 Å². The van der Waals surface area contributed by atoms with Gasteiger partial charge >= 0.3 is 24.0 Å². The van der Waals surface area contributed by atoms with E-state index in [9.17, 15) is 27.2 Å². The highest BCUT2D eigenvalue weighted by atomic mass is 79.9. The summed E-state index contributed by atoms with van der Waals surface area (Å²) in [5.41, 5.74) is 15.1. The highest BCUT2D eigenvalue weighted by molar-refractivity contribution is 9.10. The van der Waals surface area contributed by atoms with Crippen molar-refractivity contribution >= 4 is 124 Å². The van der Waals surface area contributed by atoms with E-state index in [4.69, 9.17) is 33.3 Å². The molecule has 0 aliphatic rings. The van der Waals surface area contributed by atoms with Crippen LogP contribution in [0.2, 0.25) is 0 Å². The standard InChI is InChI=1S/C21H16FN3O3.C20H15FN4O3.C12H8FN3O.C7H6N2O.C5H3BrFN.4CH4.H3P/c1-27-20(26)15-8-6-14(7-9-15)13-25(19-11-10-16(22)12-23-19)21-24-17-4-2-3-5-18(17)28-21;21-15-9-10-18(22-11-15)25(20-23-16-3-1-2-4-17(16)28-20)12-13-5-7-14(8-6-13)19(26)24-27;13-8-5-6-11(14-7-8)16-12-15-9-3-1-2-4-10(9)17-12;8-7-9-5-3-1-2-4-6(5)10-7;6-5-2-1-4(7)3-8-5;;;;;/h2-12H,13H2,1H3;1-11,27H,12H2,(H,24,26);1-7H,(H,14,15,16);1-4H,(H2,8,9);1-3H;4*1H4;1H3. The number of esters is 1. The first kappa shape index (κ1) is 75.3. The number of rotatable bonds is 12. The minimum Gasteiger partial charge on any atom is -0.465 e. The first-order valence-corrected chi connectivity index (χ1v) is 27.9. The number of oxazole rings is 4. The molecule has 0 spiro atoms. The van der Waals surface area contributed by atoms with Crippen molar-refractivity contribution in [3.8, 4) is 0 Å². The van der Waals surface area contributed by atoms with Crippen molar-refractivity contribution in [3.63, 3.8) is 0 Å². The van der Waals surface area contributed by atoms with E-state index in [1.54, 1.807) is 63.8 Å². The third-order valence-corrected chi connectivity index (χ3v) is 13.1. The molecule has 0 fully saturated rings. The van der Waals surface area contributed by atoms with Gasteiger partial charge in [0.2, 0.25) is 0 Å². The molecule has 0 bridgehead atoms. The summed E-state index contributed by atoms with van der Waals surface area (Å²) in [4.78, 5) is 59.5. The van der Waals surface area contributed by atoms with E-state index in [0.717, 1.165) is 52.5 Å². The molecule has 27 heteroatoms. The first-order valence-electron chi connectivity index (χ1n) is 27.1. The third kappa shape index (κ3) is 20.3. The fourth-order valence-electron chi connectivity index (χ4n) is 8.29. The first-order chi connectivity index (χ1) is 44.2. The number of carbonyl (C=O) groups is 2. The Labute approximate surface area is 560 Å². The van der Waals surface area contributed by atoms with Gasteiger partial charge in [0, 0.05) is 5.56 Å². The number of nitrogens with one attached hydrogen (secondary N) is 2. The van der Waals surface area contributed by atoms with Crippen LogP contribution in [0.25, 0.3) is 44.4 Å². The van der Waals surface area contributed by atoms with Gasteiger partial charge < -0.3 is 28.1 Å². The summed E-state index contributed by atoms with van der Waals surface area (Å²) in [5.74, 6) is -1.12. The molecule has 0 saturated carbocycles. The molecule has 96 heavy (non-hydrogen) atoms. The minimum absolute atomic E-state index is 0. The van der Waals surface area contributed by atoms with Gasteiger partial charge in [0.25, 0.3) is 11.9 Å². The van der Waals surface area contributed by atoms with Crippen molar-refractivity contribution in [3.05, 3.63) is 269 Å². The maximum absolute atomic E-state index is 13.3. The van der Waals surface area contributed by atoms with Gasteiger partial charge in [0.15, 0.2) is 22.3 Å². The molecule has 6 aromatic carbocycles. The summed E-state index contributed by atoms with van der Waals surface area (Å²) in [7, 11) is 1.34. The second kappa shape index (κ2) is 36.1. The van der Waals surface area contributed by atoms with E-state index < -0.39 is 23.5 Å². The average molecular weight is 1390 g/mol. The zero-order valence-corrected chi connectivity index (χ0v) is 51.2. The Morgan fingerprint density at radius 3 is 1.26 bits per heavy atom. The number of benzene rings is 6. The molecule has 14 aromatic rings. The van der Waals surface area contributed by atoms with Crippen LogP contribution in [-0.4, -0.2) is 64.1 Å². The third-order valence-electron chi connectivity index (χ3n) is 12.6. The lowest BCUT2D eigenvalue weighted by atomic mass is 10.1. The number of hydroxylamine groups is 1. The number of hydrogen-bond acceptors (Lipinski definition) is 20. The van der Waals surface area contributed by atoms with Crippen molar-refractivity contribution in [1.29, 1.82) is 0 Å². The molecular formula is C69H67BrF4N13O8P. The predicted molar refractivity (Wildman–Crippen MR) is 371 cm³/mol. The van der Waals surface area contributed by atoms with Crippen molar-refractivity contribution < 1.29 is 54.8 Å². The molecule has 1 amide bonds. The second-order valence-electron chi connectivity index (χ2n) is 18.9. The number of amides is 1. The van der Waals surface area contributed by atoms with Crippen LogP contribution in [0.5, 0.6) is 0 Å². The number of nitrogens with zero attached hydrogens (tertiary/aromatic N) is 10. The number of carbonyl (C=O) groups excluding carboxylic acids is 2. The Morgan fingerprint density at radius 2 is 0.885 bits per heavy atom. The maximum atomic E-state index is 13.3. The summed E-state index contributed by atoms with van der Waals surface area (Å²) in [6.07, 6.45) is 4.56. The molecule has 0 aliphatic carbocycles. The number of para-hydroxylation sites is 8. The number of aromatic nitrogens is 8. The zero-order chi connectivity index (χ0) is 63.6. The van der Waals surface area contributed by atoms with E-state index in [1.807, 2.05) is 109 Å². The highest BCUT2D eigenvalue weighted by Crippen LogP contribution is 2.31. The van der Waals surface area contributed by atoms with Crippen LogP contribution >= 0.6 is 25.8 Å². The van der Waals surface area contributed by atoms with Crippen molar-refractivity contribution in [2.45, 2.75) is 42.8 Å². The monoisotopic (exact) mass is 1390 g/mol. The molecule has 21 nitrogen and oxygen atoms in total. The summed E-state index contributed by atoms with van der Waals surface area (Å²) in [5, 5.41) is 11.6. The highest BCUT2D eigenvalue weighted by Gasteiger charge is 2.21. The molecule has 0 saturated heterocycles. The maximum Gasteiger partial charge on any atom is 0.337 e. The molecule has 496 valence electrons. The number of ether oxygens (including phenoxy) is 1. The molecule has 5 N–H and O–H groups in total. The number of methoxy groups -OCH3 is 1. The van der Waals surface area contributed by atoms with Crippen molar-refractivity contribution in [2.24, 2.45) is 0 Å². The number of fused-ring (bicyclic) bond motifs is 4. The Hall–Kier alpha value is -11.5. The summed E-state index contributed by atoms with van der Waals surface area (Å²) in [6, 6.07) is 56.0. The van der Waals surface area contributed by atoms with Crippen LogP contribution in [0, 0.1) is 23.3 Å². The van der Waals surface area contributed by atoms with Crippen LogP contribution in [0.15, 0.2) is 241 Å². The van der Waals surface area contributed by atoms with Gasteiger partial charge in [-0.2, -0.15) is 29.8 Å².